The molecule has 1 aromatic heterocycles. The van der Waals surface area contributed by atoms with Gasteiger partial charge in [-0.25, -0.2) is 4.63 Å². The Bertz CT molecular complexity index is 415. The first-order chi connectivity index (χ1) is 7.91. The van der Waals surface area contributed by atoms with E-state index < -0.39 is 11.9 Å². The van der Waals surface area contributed by atoms with Crippen molar-refractivity contribution in [2.24, 2.45) is 0 Å². The monoisotopic (exact) mass is 241 g/mol. The molecule has 0 aliphatic heterocycles. The third-order valence-electron chi connectivity index (χ3n) is 1.90. The van der Waals surface area contributed by atoms with Crippen LogP contribution in [0.4, 0.5) is 5.82 Å². The van der Waals surface area contributed by atoms with Gasteiger partial charge in [0.2, 0.25) is 17.4 Å². The van der Waals surface area contributed by atoms with Gasteiger partial charge in [0.05, 0.1) is 0 Å². The molecule has 1 atom stereocenters. The van der Waals surface area contributed by atoms with E-state index in [0.717, 1.165) is 0 Å². The fourth-order valence-corrected chi connectivity index (χ4v) is 1.09. The van der Waals surface area contributed by atoms with Gasteiger partial charge in [0.25, 0.3) is 5.91 Å². The van der Waals surface area contributed by atoms with Gasteiger partial charge in [0.15, 0.2) is 0 Å². The van der Waals surface area contributed by atoms with Crippen molar-refractivity contribution < 1.29 is 14.2 Å². The summed E-state index contributed by atoms with van der Waals surface area (Å²) in [5.74, 6) is -1.00. The molecule has 2 amide bonds. The lowest BCUT2D eigenvalue weighted by Gasteiger charge is -2.15. The summed E-state index contributed by atoms with van der Waals surface area (Å²) < 4.78 is 4.29. The normalized spacial score (nSPS) is 12.2. The first kappa shape index (κ1) is 12.9. The summed E-state index contributed by atoms with van der Waals surface area (Å²) in [6.45, 7) is 5.21. The molecule has 0 saturated carbocycles. The molecule has 17 heavy (non-hydrogen) atoms. The molecule has 1 aromatic rings. The maximum Gasteiger partial charge on any atom is 0.278 e. The molecule has 0 aliphatic rings. The number of hydrogen-bond donors (Lipinski definition) is 3. The van der Waals surface area contributed by atoms with E-state index in [9.17, 15) is 9.59 Å². The number of nitrogens with one attached hydrogen (secondary N) is 2. The molecule has 0 bridgehead atoms. The minimum Gasteiger partial charge on any atom is -0.379 e. The summed E-state index contributed by atoms with van der Waals surface area (Å²) in [7, 11) is 0. The third kappa shape index (κ3) is 3.44. The molecule has 0 radical (unpaired) electrons. The molecule has 1 rings (SSSR count). The third-order valence-corrected chi connectivity index (χ3v) is 1.90. The van der Waals surface area contributed by atoms with Gasteiger partial charge in [0, 0.05) is 6.04 Å². The molecule has 0 aliphatic carbocycles. The number of carbonyl (C=O) groups excluding carboxylic acids is 2. The fraction of sp³-hybridized carbons (Fsp3) is 0.556. The van der Waals surface area contributed by atoms with Crippen LogP contribution in [0, 0.1) is 0 Å². The largest absolute Gasteiger partial charge is 0.379 e. The van der Waals surface area contributed by atoms with E-state index >= 15 is 0 Å². The van der Waals surface area contributed by atoms with Crippen molar-refractivity contribution in [3.05, 3.63) is 5.69 Å². The van der Waals surface area contributed by atoms with Crippen LogP contribution >= 0.6 is 0 Å². The Morgan fingerprint density at radius 2 is 1.88 bits per heavy atom. The summed E-state index contributed by atoms with van der Waals surface area (Å²) in [6, 6.07) is -0.693. The van der Waals surface area contributed by atoms with E-state index in [1.807, 2.05) is 13.8 Å². The van der Waals surface area contributed by atoms with Crippen LogP contribution < -0.4 is 16.4 Å². The number of nitrogens with two attached hydrogens (primary N) is 1. The average molecular weight is 241 g/mol. The fourth-order valence-electron chi connectivity index (χ4n) is 1.09. The molecule has 0 spiro atoms. The highest BCUT2D eigenvalue weighted by Crippen LogP contribution is 2.03. The topological polar surface area (TPSA) is 123 Å². The number of hydrogen-bond acceptors (Lipinski definition) is 6. The lowest BCUT2D eigenvalue weighted by atomic mass is 10.2. The van der Waals surface area contributed by atoms with Crippen LogP contribution in [0.15, 0.2) is 4.63 Å². The van der Waals surface area contributed by atoms with Gasteiger partial charge in [-0.15, -0.1) is 0 Å². The van der Waals surface area contributed by atoms with E-state index in [1.54, 1.807) is 6.92 Å². The van der Waals surface area contributed by atoms with E-state index in [0.29, 0.717) is 0 Å². The minimum absolute atomic E-state index is 0.000591. The Labute approximate surface area is 97.9 Å². The number of amides is 2. The van der Waals surface area contributed by atoms with Crippen molar-refractivity contribution >= 4 is 17.6 Å². The minimum atomic E-state index is -0.694. The summed E-state index contributed by atoms with van der Waals surface area (Å²) in [5.41, 5.74) is 5.21. The molecule has 0 saturated heterocycles. The number of nitrogen functional groups attached to an aromatic ring is 1. The van der Waals surface area contributed by atoms with Crippen molar-refractivity contribution in [1.29, 1.82) is 0 Å². The Morgan fingerprint density at radius 3 is 2.35 bits per heavy atom. The second-order valence-electron chi connectivity index (χ2n) is 3.86. The summed E-state index contributed by atoms with van der Waals surface area (Å²) in [4.78, 5) is 23.1. The molecule has 8 nitrogen and oxygen atoms in total. The zero-order valence-electron chi connectivity index (χ0n) is 9.85. The average Bonchev–Trinajstić information content (AvgIpc) is 2.63. The number of nitrogens with zero attached hydrogens (tertiary/aromatic N) is 2. The highest BCUT2D eigenvalue weighted by atomic mass is 16.6. The maximum absolute atomic E-state index is 11.6. The van der Waals surface area contributed by atoms with Gasteiger partial charge in [-0.2, -0.15) is 0 Å². The van der Waals surface area contributed by atoms with Crippen LogP contribution in [0.25, 0.3) is 0 Å². The first-order valence-electron chi connectivity index (χ1n) is 5.11. The lowest BCUT2D eigenvalue weighted by Crippen LogP contribution is -2.46. The van der Waals surface area contributed by atoms with Gasteiger partial charge in [0.1, 0.15) is 6.04 Å². The molecule has 94 valence electrons. The van der Waals surface area contributed by atoms with Crippen molar-refractivity contribution in [2.75, 3.05) is 5.73 Å². The predicted molar refractivity (Wildman–Crippen MR) is 58.9 cm³/mol. The van der Waals surface area contributed by atoms with E-state index in [1.165, 1.54) is 0 Å². The molecule has 1 unspecified atom stereocenters. The smallest absolute Gasteiger partial charge is 0.278 e. The maximum atomic E-state index is 11.6. The molecule has 0 fully saturated rings. The SMILES string of the molecule is CC(C)NC(=O)C(C)NC(=O)c1nonc1N. The van der Waals surface area contributed by atoms with Crippen LogP contribution in [-0.2, 0) is 4.79 Å². The standard InChI is InChI=1S/C9H15N5O3/c1-4(2)11-8(15)5(3)12-9(16)6-7(10)14-17-13-6/h4-5H,1-3H3,(H2,10,14)(H,11,15)(H,12,16). The number of rotatable bonds is 4. The highest BCUT2D eigenvalue weighted by molar-refractivity contribution is 5.98. The zero-order valence-corrected chi connectivity index (χ0v) is 9.85. The van der Waals surface area contributed by atoms with Gasteiger partial charge in [-0.05, 0) is 31.1 Å². The van der Waals surface area contributed by atoms with Crippen molar-refractivity contribution in [3.63, 3.8) is 0 Å². The number of anilines is 1. The Balaban J connectivity index is 2.57. The predicted octanol–water partition coefficient (Wildman–Crippen LogP) is -0.705. The summed E-state index contributed by atoms with van der Waals surface area (Å²) in [5, 5.41) is 11.7. The lowest BCUT2D eigenvalue weighted by molar-refractivity contribution is -0.123. The quantitative estimate of drug-likeness (QED) is 0.640. The van der Waals surface area contributed by atoms with Crippen LogP contribution in [-0.4, -0.2) is 34.2 Å². The van der Waals surface area contributed by atoms with E-state index in [2.05, 4.69) is 25.6 Å². The van der Waals surface area contributed by atoms with Crippen molar-refractivity contribution in [2.45, 2.75) is 32.9 Å². The molecule has 8 heteroatoms. The van der Waals surface area contributed by atoms with Gasteiger partial charge < -0.3 is 16.4 Å². The zero-order chi connectivity index (χ0) is 13.0. The van der Waals surface area contributed by atoms with Crippen LogP contribution in [0.2, 0.25) is 0 Å². The second-order valence-corrected chi connectivity index (χ2v) is 3.86. The molecule has 1 heterocycles. The molecule has 4 N–H and O–H groups in total. The Hall–Kier alpha value is -2.12. The van der Waals surface area contributed by atoms with Crippen LogP contribution in [0.5, 0.6) is 0 Å². The van der Waals surface area contributed by atoms with Gasteiger partial charge in [-0.3, -0.25) is 9.59 Å². The van der Waals surface area contributed by atoms with Gasteiger partial charge in [-0.1, -0.05) is 0 Å². The van der Waals surface area contributed by atoms with E-state index in [4.69, 9.17) is 5.73 Å². The highest BCUT2D eigenvalue weighted by Gasteiger charge is 2.21. The second kappa shape index (κ2) is 5.28. The molecular formula is C9H15N5O3. The molecule has 0 aromatic carbocycles. The first-order valence-corrected chi connectivity index (χ1v) is 5.11. The molecular weight excluding hydrogens is 226 g/mol. The Kier molecular flexibility index (Phi) is 4.02. The summed E-state index contributed by atoms with van der Waals surface area (Å²) >= 11 is 0. The number of aromatic nitrogens is 2. The van der Waals surface area contributed by atoms with Crippen LogP contribution in [0.3, 0.4) is 0 Å². The van der Waals surface area contributed by atoms with E-state index in [-0.39, 0.29) is 23.5 Å². The Morgan fingerprint density at radius 1 is 1.24 bits per heavy atom. The van der Waals surface area contributed by atoms with Crippen LogP contribution in [0.1, 0.15) is 31.3 Å². The summed E-state index contributed by atoms with van der Waals surface area (Å²) in [6.07, 6.45) is 0. The van der Waals surface area contributed by atoms with Crippen molar-refractivity contribution in [1.82, 2.24) is 20.9 Å². The van der Waals surface area contributed by atoms with Gasteiger partial charge >= 0.3 is 0 Å². The van der Waals surface area contributed by atoms with Crippen molar-refractivity contribution in [3.8, 4) is 0 Å². The number of carbonyl (C=O) groups is 2.